The van der Waals surface area contributed by atoms with Gasteiger partial charge in [-0.25, -0.2) is 0 Å². The monoisotopic (exact) mass is 289 g/mol. The van der Waals surface area contributed by atoms with E-state index in [0.717, 1.165) is 17.9 Å². The van der Waals surface area contributed by atoms with Crippen LogP contribution < -0.4 is 10.1 Å². The molecule has 2 aromatic rings. The second-order valence-electron chi connectivity index (χ2n) is 4.54. The van der Waals surface area contributed by atoms with Crippen LogP contribution in [-0.2, 0) is 6.42 Å². The molecule has 0 aromatic heterocycles. The Bertz CT molecular complexity index is 708. The van der Waals surface area contributed by atoms with Gasteiger partial charge in [0, 0.05) is 24.4 Å². The Hall–Kier alpha value is -3.24. The molecule has 2 aromatic carbocycles. The summed E-state index contributed by atoms with van der Waals surface area (Å²) >= 11 is 0. The zero-order valence-corrected chi connectivity index (χ0v) is 12.0. The Morgan fingerprint density at radius 1 is 1.05 bits per heavy atom. The lowest BCUT2D eigenvalue weighted by Crippen LogP contribution is -2.01. The second-order valence-corrected chi connectivity index (χ2v) is 4.54. The van der Waals surface area contributed by atoms with Crippen molar-refractivity contribution in [2.45, 2.75) is 6.42 Å². The Labute approximate surface area is 129 Å². The van der Waals surface area contributed by atoms with Crippen molar-refractivity contribution in [2.24, 2.45) is 0 Å². The van der Waals surface area contributed by atoms with Gasteiger partial charge in [0.1, 0.15) is 23.5 Å². The van der Waals surface area contributed by atoms with Crippen molar-refractivity contribution >= 4 is 5.69 Å². The minimum atomic E-state index is 0.0235. The van der Waals surface area contributed by atoms with E-state index >= 15 is 0 Å². The molecule has 0 fully saturated rings. The summed E-state index contributed by atoms with van der Waals surface area (Å²) in [4.78, 5) is 0. The van der Waals surface area contributed by atoms with Crippen LogP contribution in [0.3, 0.4) is 0 Å². The zero-order valence-electron chi connectivity index (χ0n) is 12.0. The van der Waals surface area contributed by atoms with Crippen molar-refractivity contribution < 1.29 is 4.74 Å². The average molecular weight is 289 g/mol. The fourth-order valence-electron chi connectivity index (χ4n) is 1.85. The van der Waals surface area contributed by atoms with E-state index in [1.807, 2.05) is 42.5 Å². The van der Waals surface area contributed by atoms with Crippen LogP contribution in [0.2, 0.25) is 0 Å². The first-order valence-electron chi connectivity index (χ1n) is 6.85. The van der Waals surface area contributed by atoms with E-state index < -0.39 is 0 Å². The quantitative estimate of drug-likeness (QED) is 0.824. The van der Waals surface area contributed by atoms with Crippen molar-refractivity contribution in [2.75, 3.05) is 11.9 Å². The van der Waals surface area contributed by atoms with Gasteiger partial charge in [0.25, 0.3) is 0 Å². The first kappa shape index (κ1) is 15.2. The van der Waals surface area contributed by atoms with Gasteiger partial charge in [0.05, 0.1) is 6.61 Å². The van der Waals surface area contributed by atoms with Gasteiger partial charge in [0.15, 0.2) is 0 Å². The molecule has 108 valence electrons. The molecule has 0 aliphatic heterocycles. The van der Waals surface area contributed by atoms with E-state index in [-0.39, 0.29) is 5.57 Å². The molecule has 0 saturated carbocycles. The predicted molar refractivity (Wildman–Crippen MR) is 85.0 cm³/mol. The summed E-state index contributed by atoms with van der Waals surface area (Å²) in [6, 6.07) is 21.1. The Morgan fingerprint density at radius 2 is 1.82 bits per heavy atom. The molecule has 4 nitrogen and oxygen atoms in total. The Balaban J connectivity index is 1.90. The van der Waals surface area contributed by atoms with Crippen LogP contribution in [0.15, 0.2) is 66.4 Å². The van der Waals surface area contributed by atoms with Crippen molar-refractivity contribution in [1.82, 2.24) is 0 Å². The van der Waals surface area contributed by atoms with Crippen LogP contribution in [0.5, 0.6) is 5.75 Å². The third kappa shape index (κ3) is 4.70. The number of allylic oxidation sites excluding steroid dienone is 1. The van der Waals surface area contributed by atoms with E-state index in [9.17, 15) is 0 Å². The smallest absolute Gasteiger partial charge is 0.145 e. The van der Waals surface area contributed by atoms with Crippen LogP contribution in [0.1, 0.15) is 5.56 Å². The highest BCUT2D eigenvalue weighted by Crippen LogP contribution is 2.18. The lowest BCUT2D eigenvalue weighted by atomic mass is 10.2. The molecule has 2 rings (SSSR count). The summed E-state index contributed by atoms with van der Waals surface area (Å²) in [5, 5.41) is 20.3. The molecule has 22 heavy (non-hydrogen) atoms. The molecule has 0 amide bonds. The topological polar surface area (TPSA) is 68.8 Å². The molecule has 0 radical (unpaired) electrons. The molecule has 0 unspecified atom stereocenters. The molecular weight excluding hydrogens is 274 g/mol. The minimum absolute atomic E-state index is 0.0235. The van der Waals surface area contributed by atoms with E-state index in [0.29, 0.717) is 6.61 Å². The molecule has 4 heteroatoms. The molecule has 0 spiro atoms. The van der Waals surface area contributed by atoms with Gasteiger partial charge >= 0.3 is 0 Å². The first-order chi connectivity index (χ1) is 10.8. The van der Waals surface area contributed by atoms with Gasteiger partial charge in [-0.2, -0.15) is 10.5 Å². The van der Waals surface area contributed by atoms with Crippen LogP contribution in [0, 0.1) is 22.7 Å². The Kier molecular flexibility index (Phi) is 5.61. The number of hydrogen-bond donors (Lipinski definition) is 1. The standard InChI is InChI=1S/C18H15N3O/c19-12-16(13-20)14-21-17-7-4-8-18(11-17)22-10-9-15-5-2-1-3-6-15/h1-8,11,14,21H,9-10H2. The SMILES string of the molecule is N#CC(C#N)=CNc1cccc(OCCc2ccccc2)c1. The molecule has 0 heterocycles. The zero-order chi connectivity index (χ0) is 15.6. The molecule has 0 aliphatic carbocycles. The summed E-state index contributed by atoms with van der Waals surface area (Å²) < 4.78 is 5.72. The highest BCUT2D eigenvalue weighted by Gasteiger charge is 1.98. The summed E-state index contributed by atoms with van der Waals surface area (Å²) in [6.07, 6.45) is 2.22. The van der Waals surface area contributed by atoms with Crippen molar-refractivity contribution in [1.29, 1.82) is 10.5 Å². The largest absolute Gasteiger partial charge is 0.493 e. The minimum Gasteiger partial charge on any atom is -0.493 e. The number of anilines is 1. The van der Waals surface area contributed by atoms with Gasteiger partial charge in [-0.05, 0) is 17.7 Å². The van der Waals surface area contributed by atoms with Gasteiger partial charge in [-0.15, -0.1) is 0 Å². The van der Waals surface area contributed by atoms with Crippen molar-refractivity contribution in [3.05, 3.63) is 71.9 Å². The fraction of sp³-hybridized carbons (Fsp3) is 0.111. The number of benzene rings is 2. The molecule has 1 N–H and O–H groups in total. The van der Waals surface area contributed by atoms with E-state index in [4.69, 9.17) is 15.3 Å². The van der Waals surface area contributed by atoms with Gasteiger partial charge in [0.2, 0.25) is 0 Å². The number of nitriles is 2. The van der Waals surface area contributed by atoms with Crippen LogP contribution in [0.4, 0.5) is 5.69 Å². The molecule has 0 atom stereocenters. The third-order valence-corrected chi connectivity index (χ3v) is 2.96. The number of nitrogens with one attached hydrogen (secondary N) is 1. The normalized spacial score (nSPS) is 9.18. The molecule has 0 bridgehead atoms. The second kappa shape index (κ2) is 8.14. The summed E-state index contributed by atoms with van der Waals surface area (Å²) in [5.41, 5.74) is 2.02. The summed E-state index contributed by atoms with van der Waals surface area (Å²) in [5.74, 6) is 0.741. The van der Waals surface area contributed by atoms with E-state index in [1.165, 1.54) is 11.8 Å². The summed E-state index contributed by atoms with van der Waals surface area (Å²) in [6.45, 7) is 0.588. The van der Waals surface area contributed by atoms with Crippen molar-refractivity contribution in [3.63, 3.8) is 0 Å². The van der Waals surface area contributed by atoms with Gasteiger partial charge in [-0.1, -0.05) is 36.4 Å². The third-order valence-electron chi connectivity index (χ3n) is 2.96. The average Bonchev–Trinajstić information content (AvgIpc) is 2.57. The molecule has 0 aliphatic rings. The lowest BCUT2D eigenvalue weighted by Gasteiger charge is -2.08. The highest BCUT2D eigenvalue weighted by atomic mass is 16.5. The number of rotatable bonds is 6. The van der Waals surface area contributed by atoms with E-state index in [2.05, 4.69) is 17.4 Å². The van der Waals surface area contributed by atoms with E-state index in [1.54, 1.807) is 12.1 Å². The first-order valence-corrected chi connectivity index (χ1v) is 6.85. The van der Waals surface area contributed by atoms with Crippen LogP contribution in [-0.4, -0.2) is 6.61 Å². The fourth-order valence-corrected chi connectivity index (χ4v) is 1.85. The number of nitrogens with zero attached hydrogens (tertiary/aromatic N) is 2. The van der Waals surface area contributed by atoms with Crippen LogP contribution >= 0.6 is 0 Å². The number of ether oxygens (including phenoxy) is 1. The van der Waals surface area contributed by atoms with Crippen molar-refractivity contribution in [3.8, 4) is 17.9 Å². The maximum absolute atomic E-state index is 8.68. The maximum Gasteiger partial charge on any atom is 0.145 e. The maximum atomic E-state index is 8.68. The predicted octanol–water partition coefficient (Wildman–Crippen LogP) is 3.65. The Morgan fingerprint density at radius 3 is 2.55 bits per heavy atom. The summed E-state index contributed by atoms with van der Waals surface area (Å²) in [7, 11) is 0. The lowest BCUT2D eigenvalue weighted by molar-refractivity contribution is 0.322. The van der Waals surface area contributed by atoms with Gasteiger partial charge in [-0.3, -0.25) is 0 Å². The highest BCUT2D eigenvalue weighted by molar-refractivity contribution is 5.52. The van der Waals surface area contributed by atoms with Crippen LogP contribution in [0.25, 0.3) is 0 Å². The number of hydrogen-bond acceptors (Lipinski definition) is 4. The molecular formula is C18H15N3O. The molecule has 0 saturated heterocycles. The van der Waals surface area contributed by atoms with Gasteiger partial charge < -0.3 is 10.1 Å².